The largest absolute Gasteiger partial charge is 0.356 e. The second kappa shape index (κ2) is 8.43. The molecule has 0 saturated carbocycles. The van der Waals surface area contributed by atoms with Gasteiger partial charge in [-0.2, -0.15) is 5.10 Å². The minimum atomic E-state index is -0.0728. The summed E-state index contributed by atoms with van der Waals surface area (Å²) in [4.78, 5) is 23.2. The molecule has 1 saturated heterocycles. The predicted molar refractivity (Wildman–Crippen MR) is 124 cm³/mol. The summed E-state index contributed by atoms with van der Waals surface area (Å²) in [6.45, 7) is 6.50. The SMILES string of the molecule is Cc1nn(-c2ccccc2)c(N2CCCCC2)c1CN1CCc2[nH]c(=S)[nH]c(=O)c2C1. The Bertz CT molecular complexity index is 1190. The summed E-state index contributed by atoms with van der Waals surface area (Å²) in [5.41, 5.74) is 5.10. The van der Waals surface area contributed by atoms with E-state index in [0.717, 1.165) is 55.2 Å². The molecule has 0 aliphatic carbocycles. The standard InChI is InChI=1S/C23H28N6OS/c1-16-18(14-27-13-10-20-19(15-27)21(30)25-23(31)24-20)22(28-11-6-3-7-12-28)29(26-16)17-8-4-2-5-9-17/h2,4-5,8-9H,3,6-7,10-15H2,1H3,(H2,24,25,30,31). The molecule has 1 aromatic carbocycles. The topological polar surface area (TPSA) is 73.0 Å². The molecule has 4 heterocycles. The van der Waals surface area contributed by atoms with Gasteiger partial charge < -0.3 is 9.88 Å². The van der Waals surface area contributed by atoms with Crippen molar-refractivity contribution in [2.75, 3.05) is 24.5 Å². The Hall–Kier alpha value is -2.71. The quantitative estimate of drug-likeness (QED) is 0.613. The molecule has 2 aliphatic rings. The number of rotatable bonds is 4. The van der Waals surface area contributed by atoms with Crippen molar-refractivity contribution in [2.45, 2.75) is 45.7 Å². The van der Waals surface area contributed by atoms with Gasteiger partial charge in [-0.1, -0.05) is 18.2 Å². The van der Waals surface area contributed by atoms with Crippen molar-refractivity contribution < 1.29 is 0 Å². The normalized spacial score (nSPS) is 17.0. The average Bonchev–Trinajstić information content (AvgIpc) is 3.11. The van der Waals surface area contributed by atoms with Crippen LogP contribution in [0, 0.1) is 11.7 Å². The number of para-hydroxylation sites is 1. The van der Waals surface area contributed by atoms with E-state index >= 15 is 0 Å². The lowest BCUT2D eigenvalue weighted by atomic mass is 10.1. The fraction of sp³-hybridized carbons (Fsp3) is 0.435. The molecule has 0 bridgehead atoms. The molecule has 0 amide bonds. The number of aromatic nitrogens is 4. The minimum Gasteiger partial charge on any atom is -0.356 e. The van der Waals surface area contributed by atoms with Gasteiger partial charge in [0.2, 0.25) is 0 Å². The third-order valence-electron chi connectivity index (χ3n) is 6.38. The van der Waals surface area contributed by atoms with Gasteiger partial charge in [-0.05, 0) is 50.5 Å². The molecule has 31 heavy (non-hydrogen) atoms. The number of H-pyrrole nitrogens is 2. The molecule has 8 heteroatoms. The van der Waals surface area contributed by atoms with E-state index in [-0.39, 0.29) is 5.56 Å². The minimum absolute atomic E-state index is 0.0728. The summed E-state index contributed by atoms with van der Waals surface area (Å²) in [5.74, 6) is 1.20. The number of benzene rings is 1. The number of fused-ring (bicyclic) bond motifs is 1. The molecule has 0 unspecified atom stereocenters. The first-order chi connectivity index (χ1) is 15.1. The van der Waals surface area contributed by atoms with Crippen molar-refractivity contribution in [1.29, 1.82) is 0 Å². The molecule has 7 nitrogen and oxygen atoms in total. The lowest BCUT2D eigenvalue weighted by molar-refractivity contribution is 0.241. The molecule has 2 N–H and O–H groups in total. The van der Waals surface area contributed by atoms with E-state index in [2.05, 4.69) is 55.6 Å². The van der Waals surface area contributed by atoms with E-state index in [0.29, 0.717) is 11.3 Å². The van der Waals surface area contributed by atoms with Crippen molar-refractivity contribution >= 4 is 18.0 Å². The Balaban J connectivity index is 1.51. The summed E-state index contributed by atoms with van der Waals surface area (Å²) >= 11 is 5.13. The molecule has 0 radical (unpaired) electrons. The van der Waals surface area contributed by atoms with Crippen molar-refractivity contribution in [3.05, 3.63) is 68.0 Å². The fourth-order valence-electron chi connectivity index (χ4n) is 4.78. The predicted octanol–water partition coefficient (Wildman–Crippen LogP) is 3.48. The van der Waals surface area contributed by atoms with Gasteiger partial charge in [-0.3, -0.25) is 14.7 Å². The highest BCUT2D eigenvalue weighted by atomic mass is 32.1. The molecule has 0 atom stereocenters. The number of anilines is 1. The second-order valence-electron chi connectivity index (χ2n) is 8.51. The summed E-state index contributed by atoms with van der Waals surface area (Å²) in [7, 11) is 0. The zero-order chi connectivity index (χ0) is 21.4. The van der Waals surface area contributed by atoms with Crippen LogP contribution in [0.3, 0.4) is 0 Å². The molecule has 162 valence electrons. The molecule has 2 aromatic heterocycles. The van der Waals surface area contributed by atoms with Crippen LogP contribution >= 0.6 is 12.2 Å². The van der Waals surface area contributed by atoms with Crippen molar-refractivity contribution in [1.82, 2.24) is 24.6 Å². The van der Waals surface area contributed by atoms with E-state index in [1.807, 2.05) is 6.07 Å². The second-order valence-corrected chi connectivity index (χ2v) is 8.92. The molecule has 3 aromatic rings. The van der Waals surface area contributed by atoms with E-state index < -0.39 is 0 Å². The number of nitrogens with zero attached hydrogens (tertiary/aromatic N) is 4. The van der Waals surface area contributed by atoms with Crippen LogP contribution < -0.4 is 10.5 Å². The first-order valence-corrected chi connectivity index (χ1v) is 11.5. The van der Waals surface area contributed by atoms with Crippen molar-refractivity contribution in [3.63, 3.8) is 0 Å². The van der Waals surface area contributed by atoms with Crippen LogP contribution in [-0.2, 0) is 19.5 Å². The van der Waals surface area contributed by atoms with Gasteiger partial charge in [-0.15, -0.1) is 0 Å². The van der Waals surface area contributed by atoms with E-state index in [1.165, 1.54) is 30.6 Å². The van der Waals surface area contributed by atoms with Gasteiger partial charge in [0, 0.05) is 50.4 Å². The number of aryl methyl sites for hydroxylation is 1. The first kappa shape index (κ1) is 20.2. The van der Waals surface area contributed by atoms with Crippen LogP contribution in [0.15, 0.2) is 35.1 Å². The lowest BCUT2D eigenvalue weighted by Gasteiger charge is -2.32. The summed E-state index contributed by atoms with van der Waals surface area (Å²) in [6.07, 6.45) is 4.51. The molecular formula is C23H28N6OS. The van der Waals surface area contributed by atoms with E-state index in [1.54, 1.807) is 0 Å². The third kappa shape index (κ3) is 3.97. The van der Waals surface area contributed by atoms with Crippen LogP contribution in [-0.4, -0.2) is 44.3 Å². The van der Waals surface area contributed by atoms with E-state index in [4.69, 9.17) is 17.3 Å². The first-order valence-electron chi connectivity index (χ1n) is 11.1. The van der Waals surface area contributed by atoms with Crippen molar-refractivity contribution in [2.24, 2.45) is 0 Å². The summed E-state index contributed by atoms with van der Waals surface area (Å²) in [5, 5.41) is 4.96. The fourth-order valence-corrected chi connectivity index (χ4v) is 5.00. The van der Waals surface area contributed by atoms with Crippen LogP contribution in [0.1, 0.15) is 41.8 Å². The highest BCUT2D eigenvalue weighted by Gasteiger charge is 2.27. The molecule has 5 rings (SSSR count). The number of hydrogen-bond donors (Lipinski definition) is 2. The maximum atomic E-state index is 12.5. The maximum Gasteiger partial charge on any atom is 0.256 e. The smallest absolute Gasteiger partial charge is 0.256 e. The van der Waals surface area contributed by atoms with Crippen LogP contribution in [0.4, 0.5) is 5.82 Å². The van der Waals surface area contributed by atoms with Gasteiger partial charge in [0.1, 0.15) is 5.82 Å². The zero-order valence-corrected chi connectivity index (χ0v) is 18.7. The Labute approximate surface area is 186 Å². The van der Waals surface area contributed by atoms with Crippen LogP contribution in [0.25, 0.3) is 5.69 Å². The lowest BCUT2D eigenvalue weighted by Crippen LogP contribution is -2.36. The molecule has 1 fully saturated rings. The van der Waals surface area contributed by atoms with Gasteiger partial charge in [-0.25, -0.2) is 4.68 Å². The van der Waals surface area contributed by atoms with Gasteiger partial charge >= 0.3 is 0 Å². The summed E-state index contributed by atoms with van der Waals surface area (Å²) < 4.78 is 2.52. The molecular weight excluding hydrogens is 408 g/mol. The number of nitrogens with one attached hydrogen (secondary N) is 2. The maximum absolute atomic E-state index is 12.5. The monoisotopic (exact) mass is 436 g/mol. The Morgan fingerprint density at radius 3 is 2.61 bits per heavy atom. The zero-order valence-electron chi connectivity index (χ0n) is 17.9. The number of hydrogen-bond acceptors (Lipinski definition) is 5. The van der Waals surface area contributed by atoms with Crippen LogP contribution in [0.2, 0.25) is 0 Å². The molecule has 0 spiro atoms. The van der Waals surface area contributed by atoms with Gasteiger partial charge in [0.25, 0.3) is 5.56 Å². The van der Waals surface area contributed by atoms with E-state index in [9.17, 15) is 4.79 Å². The van der Waals surface area contributed by atoms with Gasteiger partial charge in [0.05, 0.1) is 16.9 Å². The van der Waals surface area contributed by atoms with Gasteiger partial charge in [0.15, 0.2) is 4.77 Å². The van der Waals surface area contributed by atoms with Crippen LogP contribution in [0.5, 0.6) is 0 Å². The Kier molecular flexibility index (Phi) is 5.50. The Morgan fingerprint density at radius 2 is 1.84 bits per heavy atom. The highest BCUT2D eigenvalue weighted by Crippen LogP contribution is 2.31. The number of piperidine rings is 1. The number of aromatic amines is 2. The molecule has 2 aliphatic heterocycles. The highest BCUT2D eigenvalue weighted by molar-refractivity contribution is 7.71. The third-order valence-corrected chi connectivity index (χ3v) is 6.59. The summed E-state index contributed by atoms with van der Waals surface area (Å²) in [6, 6.07) is 10.4. The average molecular weight is 437 g/mol. The Morgan fingerprint density at radius 1 is 1.06 bits per heavy atom. The van der Waals surface area contributed by atoms with Crippen molar-refractivity contribution in [3.8, 4) is 5.69 Å².